The molecule has 0 saturated heterocycles. The van der Waals surface area contributed by atoms with Crippen molar-refractivity contribution in [1.82, 2.24) is 0 Å². The Kier molecular flexibility index (Phi) is 4.37. The molecule has 0 bridgehead atoms. The molecule has 35 heavy (non-hydrogen) atoms. The molecular weight excluding hydrogens is 428 g/mol. The average molecular weight is 453 g/mol. The molecule has 0 aromatic heterocycles. The van der Waals surface area contributed by atoms with Crippen LogP contribution < -0.4 is 0 Å². The second-order valence-corrected chi connectivity index (χ2v) is 9.57. The van der Waals surface area contributed by atoms with Gasteiger partial charge in [-0.1, -0.05) is 97.1 Å². The van der Waals surface area contributed by atoms with Crippen LogP contribution in [0.3, 0.4) is 0 Å². The standard InChI is InChI=1S/C33H24O2/c34-29-17-15-22-16-18-30(35)33-28(26-14-6-10-21-8-2-4-12-24(21)26)19-27(32(29)31(22)33)25-13-5-9-20-7-1-3-11-23(20)25/h1-18,27-28,34-35H,19H2. The third-order valence-corrected chi connectivity index (χ3v) is 7.79. The van der Waals surface area contributed by atoms with Crippen molar-refractivity contribution in [3.05, 3.63) is 131 Å². The Bertz CT molecular complexity index is 1630. The summed E-state index contributed by atoms with van der Waals surface area (Å²) < 4.78 is 0. The molecule has 0 heterocycles. The number of aromatic hydroxyl groups is 2. The number of hydrogen-bond donors (Lipinski definition) is 2. The van der Waals surface area contributed by atoms with E-state index in [2.05, 4.69) is 84.9 Å². The van der Waals surface area contributed by atoms with Gasteiger partial charge in [0.25, 0.3) is 0 Å². The summed E-state index contributed by atoms with van der Waals surface area (Å²) in [5, 5.41) is 29.2. The third kappa shape index (κ3) is 2.96. The molecule has 2 nitrogen and oxygen atoms in total. The van der Waals surface area contributed by atoms with Gasteiger partial charge < -0.3 is 10.2 Å². The number of phenols is 2. The van der Waals surface area contributed by atoms with Crippen LogP contribution in [-0.4, -0.2) is 10.2 Å². The van der Waals surface area contributed by atoms with Crippen LogP contribution in [0.15, 0.2) is 109 Å². The zero-order valence-electron chi connectivity index (χ0n) is 19.1. The molecule has 2 N–H and O–H groups in total. The van der Waals surface area contributed by atoms with E-state index in [0.717, 1.165) is 28.3 Å². The van der Waals surface area contributed by atoms with E-state index in [4.69, 9.17) is 0 Å². The van der Waals surface area contributed by atoms with Gasteiger partial charge in [-0.2, -0.15) is 0 Å². The summed E-state index contributed by atoms with van der Waals surface area (Å²) in [5.41, 5.74) is 4.26. The number of hydrogen-bond acceptors (Lipinski definition) is 2. The fraction of sp³-hybridized carbons (Fsp3) is 0.0909. The minimum Gasteiger partial charge on any atom is -0.508 e. The first-order valence-electron chi connectivity index (χ1n) is 12.1. The molecule has 0 aliphatic heterocycles. The van der Waals surface area contributed by atoms with Gasteiger partial charge in [-0.3, -0.25) is 0 Å². The smallest absolute Gasteiger partial charge is 0.120 e. The Morgan fingerprint density at radius 1 is 0.457 bits per heavy atom. The summed E-state index contributed by atoms with van der Waals surface area (Å²) in [6.07, 6.45) is 0.763. The first-order valence-corrected chi connectivity index (χ1v) is 12.1. The van der Waals surface area contributed by atoms with E-state index in [1.807, 2.05) is 12.1 Å². The molecule has 1 aliphatic rings. The summed E-state index contributed by atoms with van der Waals surface area (Å²) in [4.78, 5) is 0. The van der Waals surface area contributed by atoms with E-state index in [0.29, 0.717) is 11.5 Å². The third-order valence-electron chi connectivity index (χ3n) is 7.79. The highest BCUT2D eigenvalue weighted by Gasteiger charge is 2.35. The topological polar surface area (TPSA) is 40.5 Å². The number of rotatable bonds is 2. The van der Waals surface area contributed by atoms with Crippen LogP contribution in [0.25, 0.3) is 32.3 Å². The van der Waals surface area contributed by atoms with Crippen LogP contribution in [0, 0.1) is 0 Å². The summed E-state index contributed by atoms with van der Waals surface area (Å²) in [5.74, 6) is 0.559. The van der Waals surface area contributed by atoms with Crippen molar-refractivity contribution in [3.63, 3.8) is 0 Å². The maximum atomic E-state index is 11.2. The van der Waals surface area contributed by atoms with Gasteiger partial charge in [0, 0.05) is 23.0 Å². The van der Waals surface area contributed by atoms with Crippen molar-refractivity contribution in [2.45, 2.75) is 18.3 Å². The van der Waals surface area contributed by atoms with Crippen molar-refractivity contribution in [1.29, 1.82) is 0 Å². The van der Waals surface area contributed by atoms with Crippen LogP contribution in [0.1, 0.15) is 40.5 Å². The molecule has 0 amide bonds. The van der Waals surface area contributed by atoms with Gasteiger partial charge in [0.05, 0.1) is 0 Å². The lowest BCUT2D eigenvalue weighted by molar-refractivity contribution is 0.450. The predicted octanol–water partition coefficient (Wildman–Crippen LogP) is 8.22. The fourth-order valence-corrected chi connectivity index (χ4v) is 6.30. The molecule has 1 aliphatic carbocycles. The van der Waals surface area contributed by atoms with Crippen LogP contribution in [0.4, 0.5) is 0 Å². The Balaban J connectivity index is 1.59. The van der Waals surface area contributed by atoms with Crippen LogP contribution in [-0.2, 0) is 0 Å². The highest BCUT2D eigenvalue weighted by Crippen LogP contribution is 2.54. The van der Waals surface area contributed by atoms with Gasteiger partial charge in [-0.25, -0.2) is 0 Å². The molecule has 6 aromatic carbocycles. The van der Waals surface area contributed by atoms with Crippen molar-refractivity contribution in [2.24, 2.45) is 0 Å². The quantitative estimate of drug-likeness (QED) is 0.278. The molecule has 0 fully saturated rings. The van der Waals surface area contributed by atoms with Crippen molar-refractivity contribution in [2.75, 3.05) is 0 Å². The molecule has 0 spiro atoms. The lowest BCUT2D eigenvalue weighted by atomic mass is 9.69. The Labute approximate surface area is 203 Å². The molecule has 0 radical (unpaired) electrons. The average Bonchev–Trinajstić information content (AvgIpc) is 2.91. The van der Waals surface area contributed by atoms with Gasteiger partial charge >= 0.3 is 0 Å². The van der Waals surface area contributed by atoms with E-state index in [1.165, 1.54) is 32.7 Å². The summed E-state index contributed by atoms with van der Waals surface area (Å²) in [6.45, 7) is 0. The highest BCUT2D eigenvalue weighted by molar-refractivity contribution is 5.97. The largest absolute Gasteiger partial charge is 0.508 e. The van der Waals surface area contributed by atoms with Gasteiger partial charge in [0.15, 0.2) is 0 Å². The zero-order valence-corrected chi connectivity index (χ0v) is 19.1. The molecule has 6 aromatic rings. The van der Waals surface area contributed by atoms with E-state index in [9.17, 15) is 10.2 Å². The second-order valence-electron chi connectivity index (χ2n) is 9.57. The highest BCUT2D eigenvalue weighted by atomic mass is 16.3. The molecule has 2 heteroatoms. The number of phenolic OH excluding ortho intramolecular Hbond substituents is 2. The fourth-order valence-electron chi connectivity index (χ4n) is 6.30. The summed E-state index contributed by atoms with van der Waals surface area (Å²) >= 11 is 0. The van der Waals surface area contributed by atoms with E-state index >= 15 is 0 Å². The van der Waals surface area contributed by atoms with E-state index in [1.54, 1.807) is 12.1 Å². The SMILES string of the molecule is Oc1ccc2ccc(O)c3c2c1C(c1cccc2ccccc12)CC3c1cccc2ccccc12. The minimum atomic E-state index is -0.0110. The monoisotopic (exact) mass is 452 g/mol. The number of fused-ring (bicyclic) bond motifs is 2. The van der Waals surface area contributed by atoms with Gasteiger partial charge in [0.2, 0.25) is 0 Å². The summed E-state index contributed by atoms with van der Waals surface area (Å²) in [6, 6.07) is 37.3. The van der Waals surface area contributed by atoms with Crippen molar-refractivity contribution < 1.29 is 10.2 Å². The maximum Gasteiger partial charge on any atom is 0.120 e. The molecule has 2 atom stereocenters. The minimum absolute atomic E-state index is 0.0110. The van der Waals surface area contributed by atoms with Crippen molar-refractivity contribution in [3.8, 4) is 11.5 Å². The van der Waals surface area contributed by atoms with Gasteiger partial charge in [-0.05, 0) is 62.0 Å². The molecule has 0 saturated carbocycles. The summed E-state index contributed by atoms with van der Waals surface area (Å²) in [7, 11) is 0. The normalized spacial score (nSPS) is 17.3. The Hall–Kier alpha value is -4.30. The number of benzene rings is 6. The zero-order chi connectivity index (χ0) is 23.5. The molecule has 2 unspecified atom stereocenters. The maximum absolute atomic E-state index is 11.2. The Morgan fingerprint density at radius 2 is 0.914 bits per heavy atom. The molecular formula is C33H24O2. The lowest BCUT2D eigenvalue weighted by Gasteiger charge is -2.34. The second kappa shape index (κ2) is 7.61. The Morgan fingerprint density at radius 3 is 1.43 bits per heavy atom. The predicted molar refractivity (Wildman–Crippen MR) is 143 cm³/mol. The van der Waals surface area contributed by atoms with Crippen LogP contribution in [0.5, 0.6) is 11.5 Å². The first-order chi connectivity index (χ1) is 17.2. The van der Waals surface area contributed by atoms with E-state index in [-0.39, 0.29) is 11.8 Å². The molecule has 168 valence electrons. The van der Waals surface area contributed by atoms with Crippen LogP contribution in [0.2, 0.25) is 0 Å². The van der Waals surface area contributed by atoms with Crippen LogP contribution >= 0.6 is 0 Å². The first kappa shape index (κ1) is 20.1. The lowest BCUT2D eigenvalue weighted by Crippen LogP contribution is -2.17. The van der Waals surface area contributed by atoms with Crippen molar-refractivity contribution >= 4 is 32.3 Å². The van der Waals surface area contributed by atoms with Gasteiger partial charge in [0.1, 0.15) is 11.5 Å². The van der Waals surface area contributed by atoms with E-state index < -0.39 is 0 Å². The van der Waals surface area contributed by atoms with Gasteiger partial charge in [-0.15, -0.1) is 0 Å². The molecule has 7 rings (SSSR count).